The molecule has 0 radical (unpaired) electrons. The molecule has 1 fully saturated rings. The predicted octanol–water partition coefficient (Wildman–Crippen LogP) is 3.15. The number of hydrogen-bond acceptors (Lipinski definition) is 2. The molecule has 1 aliphatic rings. The Morgan fingerprint density at radius 3 is 2.53 bits per heavy atom. The van der Waals surface area contributed by atoms with Crippen molar-refractivity contribution in [1.82, 2.24) is 0 Å². The largest absolute Gasteiger partial charge is 0.493 e. The van der Waals surface area contributed by atoms with E-state index in [4.69, 9.17) is 21.1 Å². The van der Waals surface area contributed by atoms with Crippen molar-refractivity contribution in [3.63, 3.8) is 0 Å². The van der Waals surface area contributed by atoms with Crippen molar-refractivity contribution < 1.29 is 9.47 Å². The molecule has 0 N–H and O–H groups in total. The van der Waals surface area contributed by atoms with E-state index in [1.165, 1.54) is 0 Å². The summed E-state index contributed by atoms with van der Waals surface area (Å²) in [7, 11) is 0. The zero-order valence-corrected chi connectivity index (χ0v) is 9.37. The maximum atomic E-state index is 5.79. The molecule has 2 rings (SSSR count). The van der Waals surface area contributed by atoms with E-state index in [-0.39, 0.29) is 0 Å². The van der Waals surface area contributed by atoms with Crippen molar-refractivity contribution >= 4 is 11.6 Å². The lowest BCUT2D eigenvalue weighted by atomic mass is 10.0. The number of halogens is 1. The lowest BCUT2D eigenvalue weighted by Gasteiger charge is -2.22. The fourth-order valence-corrected chi connectivity index (χ4v) is 1.78. The highest BCUT2D eigenvalue weighted by Crippen LogP contribution is 2.19. The van der Waals surface area contributed by atoms with Gasteiger partial charge in [-0.2, -0.15) is 0 Å². The van der Waals surface area contributed by atoms with Crippen LogP contribution in [0, 0.1) is 5.92 Å². The summed E-state index contributed by atoms with van der Waals surface area (Å²) in [5.74, 6) is 1.53. The normalized spacial score (nSPS) is 17.7. The van der Waals surface area contributed by atoms with Gasteiger partial charge in [0.1, 0.15) is 5.75 Å². The molecule has 0 aromatic heterocycles. The zero-order valence-electron chi connectivity index (χ0n) is 8.62. The Kier molecular flexibility index (Phi) is 3.87. The SMILES string of the molecule is Clc1ccc(OCC2CCOCC2)cc1. The first-order chi connectivity index (χ1) is 7.34. The number of ether oxygens (including phenoxy) is 2. The summed E-state index contributed by atoms with van der Waals surface area (Å²) in [5.41, 5.74) is 0. The molecule has 1 saturated heterocycles. The highest BCUT2D eigenvalue weighted by molar-refractivity contribution is 6.30. The molecule has 82 valence electrons. The quantitative estimate of drug-likeness (QED) is 0.789. The van der Waals surface area contributed by atoms with Gasteiger partial charge in [-0.3, -0.25) is 0 Å². The molecule has 3 heteroatoms. The summed E-state index contributed by atoms with van der Waals surface area (Å²) in [4.78, 5) is 0. The van der Waals surface area contributed by atoms with Crippen molar-refractivity contribution in [2.24, 2.45) is 5.92 Å². The van der Waals surface area contributed by atoms with Crippen molar-refractivity contribution in [1.29, 1.82) is 0 Å². The van der Waals surface area contributed by atoms with Crippen LogP contribution in [0.25, 0.3) is 0 Å². The van der Waals surface area contributed by atoms with Gasteiger partial charge in [-0.05, 0) is 43.0 Å². The fraction of sp³-hybridized carbons (Fsp3) is 0.500. The maximum absolute atomic E-state index is 5.79. The summed E-state index contributed by atoms with van der Waals surface area (Å²) in [6, 6.07) is 7.51. The van der Waals surface area contributed by atoms with Crippen molar-refractivity contribution in [3.05, 3.63) is 29.3 Å². The van der Waals surface area contributed by atoms with E-state index in [1.54, 1.807) is 0 Å². The van der Waals surface area contributed by atoms with Crippen LogP contribution in [0.1, 0.15) is 12.8 Å². The van der Waals surface area contributed by atoms with E-state index in [9.17, 15) is 0 Å². The molecule has 0 spiro atoms. The Morgan fingerprint density at radius 1 is 1.20 bits per heavy atom. The van der Waals surface area contributed by atoms with Crippen LogP contribution in [0.15, 0.2) is 24.3 Å². The van der Waals surface area contributed by atoms with E-state index >= 15 is 0 Å². The highest BCUT2D eigenvalue weighted by atomic mass is 35.5. The van der Waals surface area contributed by atoms with Gasteiger partial charge in [-0.15, -0.1) is 0 Å². The van der Waals surface area contributed by atoms with Gasteiger partial charge < -0.3 is 9.47 Å². The van der Waals surface area contributed by atoms with Crippen molar-refractivity contribution in [2.75, 3.05) is 19.8 Å². The summed E-state index contributed by atoms with van der Waals surface area (Å²) >= 11 is 5.79. The fourth-order valence-electron chi connectivity index (χ4n) is 1.66. The van der Waals surface area contributed by atoms with Gasteiger partial charge >= 0.3 is 0 Å². The second-order valence-electron chi connectivity index (χ2n) is 3.82. The van der Waals surface area contributed by atoms with Crippen LogP contribution < -0.4 is 4.74 Å². The van der Waals surface area contributed by atoms with Crippen molar-refractivity contribution in [2.45, 2.75) is 12.8 Å². The number of hydrogen-bond donors (Lipinski definition) is 0. The molecule has 0 atom stereocenters. The third-order valence-electron chi connectivity index (χ3n) is 2.64. The third-order valence-corrected chi connectivity index (χ3v) is 2.89. The lowest BCUT2D eigenvalue weighted by molar-refractivity contribution is 0.0497. The summed E-state index contributed by atoms with van der Waals surface area (Å²) < 4.78 is 11.0. The van der Waals surface area contributed by atoms with Gasteiger partial charge in [-0.25, -0.2) is 0 Å². The molecular weight excluding hydrogens is 212 g/mol. The molecule has 1 heterocycles. The Balaban J connectivity index is 1.79. The molecule has 0 bridgehead atoms. The Bertz CT molecular complexity index is 291. The molecule has 0 amide bonds. The maximum Gasteiger partial charge on any atom is 0.119 e. The van der Waals surface area contributed by atoms with E-state index in [2.05, 4.69) is 0 Å². The second kappa shape index (κ2) is 5.38. The molecule has 1 aromatic rings. The van der Waals surface area contributed by atoms with Gasteiger partial charge in [-0.1, -0.05) is 11.6 Å². The summed E-state index contributed by atoms with van der Waals surface area (Å²) in [6.45, 7) is 2.52. The minimum absolute atomic E-state index is 0.634. The Hall–Kier alpha value is -0.730. The van der Waals surface area contributed by atoms with Crippen LogP contribution >= 0.6 is 11.6 Å². The van der Waals surface area contributed by atoms with Crippen LogP contribution in [-0.4, -0.2) is 19.8 Å². The average molecular weight is 227 g/mol. The van der Waals surface area contributed by atoms with Crippen LogP contribution in [-0.2, 0) is 4.74 Å². The molecule has 2 nitrogen and oxygen atoms in total. The molecule has 0 unspecified atom stereocenters. The van der Waals surface area contributed by atoms with Gasteiger partial charge in [0.05, 0.1) is 6.61 Å². The van der Waals surface area contributed by atoms with Gasteiger partial charge in [0.25, 0.3) is 0 Å². The van der Waals surface area contributed by atoms with Crippen LogP contribution in [0.2, 0.25) is 5.02 Å². The standard InChI is InChI=1S/C12H15ClO2/c13-11-1-3-12(4-2-11)15-9-10-5-7-14-8-6-10/h1-4,10H,5-9H2. The predicted molar refractivity (Wildman–Crippen MR) is 60.5 cm³/mol. The molecular formula is C12H15ClO2. The van der Waals surface area contributed by atoms with Gasteiger partial charge in [0.2, 0.25) is 0 Å². The van der Waals surface area contributed by atoms with Gasteiger partial charge in [0.15, 0.2) is 0 Å². The Morgan fingerprint density at radius 2 is 1.87 bits per heavy atom. The number of rotatable bonds is 3. The van der Waals surface area contributed by atoms with Crippen LogP contribution in [0.5, 0.6) is 5.75 Å². The topological polar surface area (TPSA) is 18.5 Å². The van der Waals surface area contributed by atoms with Crippen LogP contribution in [0.3, 0.4) is 0 Å². The summed E-state index contributed by atoms with van der Waals surface area (Å²) in [6.07, 6.45) is 2.21. The second-order valence-corrected chi connectivity index (χ2v) is 4.26. The first-order valence-corrected chi connectivity index (χ1v) is 5.68. The molecule has 0 saturated carbocycles. The molecule has 1 aromatic carbocycles. The highest BCUT2D eigenvalue weighted by Gasteiger charge is 2.14. The van der Waals surface area contributed by atoms with Gasteiger partial charge in [0, 0.05) is 18.2 Å². The zero-order chi connectivity index (χ0) is 10.5. The molecule has 0 aliphatic carbocycles. The first kappa shape index (κ1) is 10.8. The first-order valence-electron chi connectivity index (χ1n) is 5.31. The average Bonchev–Trinajstić information content (AvgIpc) is 2.30. The van der Waals surface area contributed by atoms with E-state index in [1.807, 2.05) is 24.3 Å². The molecule has 15 heavy (non-hydrogen) atoms. The third kappa shape index (κ3) is 3.40. The summed E-state index contributed by atoms with van der Waals surface area (Å²) in [5, 5.41) is 0.744. The van der Waals surface area contributed by atoms with Crippen LogP contribution in [0.4, 0.5) is 0 Å². The van der Waals surface area contributed by atoms with Crippen molar-refractivity contribution in [3.8, 4) is 5.75 Å². The van der Waals surface area contributed by atoms with E-state index in [0.29, 0.717) is 5.92 Å². The number of benzene rings is 1. The van der Waals surface area contributed by atoms with E-state index in [0.717, 1.165) is 43.4 Å². The minimum atomic E-state index is 0.634. The lowest BCUT2D eigenvalue weighted by Crippen LogP contribution is -2.21. The Labute approximate surface area is 95.1 Å². The van der Waals surface area contributed by atoms with E-state index < -0.39 is 0 Å². The monoisotopic (exact) mass is 226 g/mol. The smallest absolute Gasteiger partial charge is 0.119 e. The molecule has 1 aliphatic heterocycles. The minimum Gasteiger partial charge on any atom is -0.493 e.